The molecule has 0 radical (unpaired) electrons. The van der Waals surface area contributed by atoms with E-state index in [-0.39, 0.29) is 12.2 Å². The smallest absolute Gasteiger partial charge is 0.338 e. The van der Waals surface area contributed by atoms with Crippen LogP contribution in [0.5, 0.6) is 0 Å². The van der Waals surface area contributed by atoms with Gasteiger partial charge in [-0.1, -0.05) is 29.5 Å². The first kappa shape index (κ1) is 20.2. The number of aromatic nitrogens is 1. The van der Waals surface area contributed by atoms with E-state index in [1.54, 1.807) is 18.4 Å². The maximum Gasteiger partial charge on any atom is 0.338 e. The third kappa shape index (κ3) is 3.88. The minimum atomic E-state index is -0.524. The predicted molar refractivity (Wildman–Crippen MR) is 124 cm³/mol. The molecule has 0 saturated carbocycles. The average Bonchev–Trinajstić information content (AvgIpc) is 3.32. The number of carbonyl (C=O) groups is 1. The number of thiophene rings is 1. The van der Waals surface area contributed by atoms with Crippen LogP contribution in [0.15, 0.2) is 62.8 Å². The lowest BCUT2D eigenvalue weighted by atomic mass is 10.0. The van der Waals surface area contributed by atoms with Gasteiger partial charge in [-0.3, -0.25) is 9.36 Å². The molecule has 1 aromatic carbocycles. The van der Waals surface area contributed by atoms with Gasteiger partial charge >= 0.3 is 5.97 Å². The summed E-state index contributed by atoms with van der Waals surface area (Å²) < 4.78 is 8.62. The van der Waals surface area contributed by atoms with Crippen molar-refractivity contribution in [2.45, 2.75) is 19.9 Å². The average molecular weight is 536 g/mol. The molecule has 0 bridgehead atoms. The molecule has 0 spiro atoms. The summed E-state index contributed by atoms with van der Waals surface area (Å²) >= 11 is 5.09. The summed E-state index contributed by atoms with van der Waals surface area (Å²) in [5.41, 5.74) is 1.80. The summed E-state index contributed by atoms with van der Waals surface area (Å²) in [5, 5.41) is 1.94. The topological polar surface area (TPSA) is 60.7 Å². The molecule has 3 heterocycles. The fraction of sp³-hybridized carbons (Fsp3) is 0.190. The summed E-state index contributed by atoms with van der Waals surface area (Å²) in [6.45, 7) is 3.83. The van der Waals surface area contributed by atoms with Crippen LogP contribution >= 0.6 is 45.3 Å². The monoisotopic (exact) mass is 536 g/mol. The quantitative estimate of drug-likeness (QED) is 0.379. The molecule has 0 fully saturated rings. The van der Waals surface area contributed by atoms with Crippen LogP contribution in [0.2, 0.25) is 0 Å². The van der Waals surface area contributed by atoms with Gasteiger partial charge in [0.15, 0.2) is 4.80 Å². The lowest BCUT2D eigenvalue weighted by Crippen LogP contribution is -2.39. The third-order valence-electron chi connectivity index (χ3n) is 4.50. The highest BCUT2D eigenvalue weighted by atomic mass is 127. The second kappa shape index (κ2) is 8.37. The number of halogens is 1. The normalized spacial score (nSPS) is 16.5. The van der Waals surface area contributed by atoms with Crippen LogP contribution in [0.25, 0.3) is 6.08 Å². The van der Waals surface area contributed by atoms with Crippen molar-refractivity contribution in [1.82, 2.24) is 4.57 Å². The molecule has 0 unspecified atom stereocenters. The van der Waals surface area contributed by atoms with Crippen LogP contribution in [0.1, 0.15) is 30.3 Å². The number of esters is 1. The van der Waals surface area contributed by atoms with Gasteiger partial charge in [-0.2, -0.15) is 0 Å². The number of rotatable bonds is 4. The molecule has 148 valence electrons. The Balaban J connectivity index is 1.93. The first-order valence-electron chi connectivity index (χ1n) is 8.98. The van der Waals surface area contributed by atoms with E-state index >= 15 is 0 Å². The van der Waals surface area contributed by atoms with E-state index in [1.165, 1.54) is 22.7 Å². The Bertz CT molecular complexity index is 1270. The Hall–Kier alpha value is -2.04. The van der Waals surface area contributed by atoms with Gasteiger partial charge in [-0.05, 0) is 71.7 Å². The number of ether oxygens (including phenoxy) is 1. The van der Waals surface area contributed by atoms with Crippen molar-refractivity contribution in [3.05, 3.63) is 86.7 Å². The maximum atomic E-state index is 13.3. The van der Waals surface area contributed by atoms with Crippen molar-refractivity contribution < 1.29 is 9.53 Å². The van der Waals surface area contributed by atoms with E-state index in [9.17, 15) is 9.59 Å². The Kier molecular flexibility index (Phi) is 5.84. The first-order chi connectivity index (χ1) is 14.0. The van der Waals surface area contributed by atoms with Crippen LogP contribution in [-0.2, 0) is 9.53 Å². The SMILES string of the molecule is CCOC(=O)C1=C(C)N=c2s/c(=C/c3ccc(I)cc3)c(=O)n2[C@@H]1c1cccs1. The fourth-order valence-corrected chi connectivity index (χ4v) is 5.45. The molecule has 0 saturated heterocycles. The number of carbonyl (C=O) groups excluding carboxylic acids is 1. The lowest BCUT2D eigenvalue weighted by molar-refractivity contribution is -0.139. The van der Waals surface area contributed by atoms with Gasteiger partial charge in [0.05, 0.1) is 22.4 Å². The molecule has 0 amide bonds. The minimum Gasteiger partial charge on any atom is -0.463 e. The Morgan fingerprint density at radius 3 is 2.72 bits per heavy atom. The highest BCUT2D eigenvalue weighted by molar-refractivity contribution is 14.1. The summed E-state index contributed by atoms with van der Waals surface area (Å²) in [5.74, 6) is -0.431. The molecule has 0 aliphatic carbocycles. The molecule has 4 rings (SSSR count). The van der Waals surface area contributed by atoms with Gasteiger partial charge in [0.1, 0.15) is 6.04 Å². The maximum absolute atomic E-state index is 13.3. The van der Waals surface area contributed by atoms with E-state index in [1.807, 2.05) is 47.9 Å². The van der Waals surface area contributed by atoms with Crippen molar-refractivity contribution in [2.75, 3.05) is 6.61 Å². The van der Waals surface area contributed by atoms with Gasteiger partial charge in [0.25, 0.3) is 5.56 Å². The Morgan fingerprint density at radius 1 is 1.31 bits per heavy atom. The van der Waals surface area contributed by atoms with E-state index in [0.717, 1.165) is 14.0 Å². The number of hydrogen-bond donors (Lipinski definition) is 0. The number of hydrogen-bond acceptors (Lipinski definition) is 6. The summed E-state index contributed by atoms with van der Waals surface area (Å²) in [4.78, 5) is 32.1. The molecular weight excluding hydrogens is 519 g/mol. The second-order valence-corrected chi connectivity index (χ2v) is 9.60. The van der Waals surface area contributed by atoms with Crippen LogP contribution in [0.3, 0.4) is 0 Å². The highest BCUT2D eigenvalue weighted by Crippen LogP contribution is 2.33. The number of fused-ring (bicyclic) bond motifs is 1. The zero-order valence-corrected chi connectivity index (χ0v) is 19.5. The molecule has 1 atom stereocenters. The first-order valence-corrected chi connectivity index (χ1v) is 11.8. The van der Waals surface area contributed by atoms with Gasteiger partial charge in [0, 0.05) is 8.45 Å². The molecule has 2 aromatic heterocycles. The van der Waals surface area contributed by atoms with Gasteiger partial charge in [-0.15, -0.1) is 11.3 Å². The van der Waals surface area contributed by atoms with Crippen molar-refractivity contribution >= 4 is 57.3 Å². The Labute approximate surface area is 188 Å². The predicted octanol–water partition coefficient (Wildman–Crippen LogP) is 3.46. The van der Waals surface area contributed by atoms with E-state index in [2.05, 4.69) is 27.6 Å². The standard InChI is InChI=1S/C21H17IN2O3S2/c1-3-27-20(26)17-12(2)23-21-24(18(17)15-5-4-10-28-15)19(25)16(29-21)11-13-6-8-14(22)9-7-13/h4-11,18H,3H2,1-2H3/b16-11+/t18-/m1/s1. The molecular formula is C21H17IN2O3S2. The molecule has 0 N–H and O–H groups in total. The largest absolute Gasteiger partial charge is 0.463 e. The van der Waals surface area contributed by atoms with Gasteiger partial charge in [0.2, 0.25) is 0 Å². The van der Waals surface area contributed by atoms with Crippen LogP contribution < -0.4 is 14.9 Å². The van der Waals surface area contributed by atoms with Crippen LogP contribution in [-0.4, -0.2) is 17.1 Å². The van der Waals surface area contributed by atoms with Crippen molar-refractivity contribution in [3.8, 4) is 0 Å². The zero-order valence-electron chi connectivity index (χ0n) is 15.7. The molecule has 8 heteroatoms. The second-order valence-electron chi connectivity index (χ2n) is 6.37. The van der Waals surface area contributed by atoms with Gasteiger partial charge in [-0.25, -0.2) is 9.79 Å². The zero-order chi connectivity index (χ0) is 20.5. The van der Waals surface area contributed by atoms with E-state index < -0.39 is 12.0 Å². The summed E-state index contributed by atoms with van der Waals surface area (Å²) in [6.07, 6.45) is 1.87. The highest BCUT2D eigenvalue weighted by Gasteiger charge is 2.33. The van der Waals surface area contributed by atoms with Crippen molar-refractivity contribution in [1.29, 1.82) is 0 Å². The fourth-order valence-electron chi connectivity index (χ4n) is 3.22. The summed E-state index contributed by atoms with van der Waals surface area (Å²) in [7, 11) is 0. The molecule has 1 aliphatic rings. The van der Waals surface area contributed by atoms with E-state index in [0.29, 0.717) is 20.6 Å². The van der Waals surface area contributed by atoms with Crippen molar-refractivity contribution in [3.63, 3.8) is 0 Å². The molecule has 5 nitrogen and oxygen atoms in total. The number of benzene rings is 1. The van der Waals surface area contributed by atoms with Crippen LogP contribution in [0.4, 0.5) is 0 Å². The molecule has 3 aromatic rings. The van der Waals surface area contributed by atoms with E-state index in [4.69, 9.17) is 4.74 Å². The third-order valence-corrected chi connectivity index (χ3v) is 7.12. The molecule has 29 heavy (non-hydrogen) atoms. The minimum absolute atomic E-state index is 0.153. The number of thiazole rings is 1. The summed E-state index contributed by atoms with van der Waals surface area (Å²) in [6, 6.07) is 11.3. The number of nitrogens with zero attached hydrogens (tertiary/aromatic N) is 2. The Morgan fingerprint density at radius 2 is 2.07 bits per heavy atom. The van der Waals surface area contributed by atoms with Crippen LogP contribution in [0, 0.1) is 3.57 Å². The lowest BCUT2D eigenvalue weighted by Gasteiger charge is -2.23. The van der Waals surface area contributed by atoms with Crippen molar-refractivity contribution in [2.24, 2.45) is 4.99 Å². The molecule has 1 aliphatic heterocycles. The van der Waals surface area contributed by atoms with Gasteiger partial charge < -0.3 is 4.74 Å². The number of allylic oxidation sites excluding steroid dienone is 1.